The third-order valence-corrected chi connectivity index (χ3v) is 3.92. The van der Waals surface area contributed by atoms with E-state index in [1.54, 1.807) is 30.3 Å². The van der Waals surface area contributed by atoms with Gasteiger partial charge >= 0.3 is 0 Å². The Morgan fingerprint density at radius 1 is 0.913 bits per heavy atom. The molecule has 0 radical (unpaired) electrons. The van der Waals surface area contributed by atoms with Crippen LogP contribution in [0.5, 0.6) is 5.75 Å². The maximum Gasteiger partial charge on any atom is 0.295 e. The van der Waals surface area contributed by atoms with Crippen LogP contribution in [0, 0.1) is 0 Å². The lowest BCUT2D eigenvalue weighted by molar-refractivity contribution is -0.0141. The van der Waals surface area contributed by atoms with Gasteiger partial charge < -0.3 is 4.84 Å². The highest BCUT2D eigenvalue weighted by Crippen LogP contribution is 2.26. The van der Waals surface area contributed by atoms with Gasteiger partial charge in [0.05, 0.1) is 11.1 Å². The maximum absolute atomic E-state index is 12.5. The number of benzene rings is 2. The lowest BCUT2D eigenvalue weighted by Gasteiger charge is -2.13. The van der Waals surface area contributed by atoms with E-state index in [9.17, 15) is 9.59 Å². The molecule has 2 amide bonds. The number of imide groups is 1. The number of aryl methyl sites for hydroxylation is 1. The monoisotopic (exact) mass is 309 g/mol. The number of nitrogens with zero attached hydrogens (tertiary/aromatic N) is 1. The van der Waals surface area contributed by atoms with Crippen LogP contribution in [0.1, 0.15) is 52.5 Å². The molecule has 3 rings (SSSR count). The maximum atomic E-state index is 12.5. The van der Waals surface area contributed by atoms with Gasteiger partial charge in [0, 0.05) is 0 Å². The summed E-state index contributed by atoms with van der Waals surface area (Å²) in [6.45, 7) is 2.16. The largest absolute Gasteiger partial charge is 0.368 e. The van der Waals surface area contributed by atoms with Crippen LogP contribution in [0.15, 0.2) is 48.5 Å². The molecule has 0 aromatic heterocycles. The molecule has 0 saturated carbocycles. The molecular formula is C19H19NO3. The Kier molecular flexibility index (Phi) is 4.42. The normalized spacial score (nSPS) is 13.3. The fourth-order valence-electron chi connectivity index (χ4n) is 2.67. The predicted octanol–water partition coefficient (Wildman–Crippen LogP) is 4.01. The number of hydrogen-bond donors (Lipinski definition) is 0. The molecule has 0 unspecified atom stereocenters. The Balaban J connectivity index is 1.79. The van der Waals surface area contributed by atoms with Crippen LogP contribution in [0.3, 0.4) is 0 Å². The van der Waals surface area contributed by atoms with Crippen LogP contribution in [0.25, 0.3) is 0 Å². The quantitative estimate of drug-likeness (QED) is 0.598. The second-order valence-corrected chi connectivity index (χ2v) is 5.65. The molecule has 1 heterocycles. The number of hydrogen-bond acceptors (Lipinski definition) is 3. The lowest BCUT2D eigenvalue weighted by Crippen LogP contribution is -2.33. The van der Waals surface area contributed by atoms with Crippen molar-refractivity contribution < 1.29 is 14.4 Å². The highest BCUT2D eigenvalue weighted by molar-refractivity contribution is 6.20. The van der Waals surface area contributed by atoms with Crippen LogP contribution in [-0.2, 0) is 6.42 Å². The van der Waals surface area contributed by atoms with Crippen molar-refractivity contribution in [3.05, 3.63) is 65.2 Å². The van der Waals surface area contributed by atoms with E-state index in [0.29, 0.717) is 16.9 Å². The van der Waals surface area contributed by atoms with E-state index < -0.39 is 11.8 Å². The Morgan fingerprint density at radius 2 is 1.65 bits per heavy atom. The smallest absolute Gasteiger partial charge is 0.295 e. The summed E-state index contributed by atoms with van der Waals surface area (Å²) in [6.07, 6.45) is 4.32. The van der Waals surface area contributed by atoms with Gasteiger partial charge in [0.2, 0.25) is 0 Å². The van der Waals surface area contributed by atoms with Crippen LogP contribution < -0.4 is 4.84 Å². The van der Waals surface area contributed by atoms with Gasteiger partial charge in [-0.3, -0.25) is 9.59 Å². The average Bonchev–Trinajstić information content (AvgIpc) is 2.81. The summed E-state index contributed by atoms with van der Waals surface area (Å²) < 4.78 is 0. The second-order valence-electron chi connectivity index (χ2n) is 5.65. The second kappa shape index (κ2) is 6.65. The van der Waals surface area contributed by atoms with Gasteiger partial charge in [0.25, 0.3) is 11.8 Å². The summed E-state index contributed by atoms with van der Waals surface area (Å²) in [4.78, 5) is 30.3. The summed E-state index contributed by atoms with van der Waals surface area (Å²) in [6, 6.07) is 14.3. The topological polar surface area (TPSA) is 46.6 Å². The molecule has 2 aromatic carbocycles. The Bertz CT molecular complexity index is 725. The van der Waals surface area contributed by atoms with Crippen molar-refractivity contribution in [2.45, 2.75) is 32.6 Å². The minimum absolute atomic E-state index is 0.397. The molecule has 4 nitrogen and oxygen atoms in total. The van der Waals surface area contributed by atoms with Gasteiger partial charge in [0.1, 0.15) is 0 Å². The molecular weight excluding hydrogens is 290 g/mol. The van der Waals surface area contributed by atoms with E-state index >= 15 is 0 Å². The van der Waals surface area contributed by atoms with Crippen molar-refractivity contribution in [3.63, 3.8) is 0 Å². The van der Waals surface area contributed by atoms with E-state index in [2.05, 4.69) is 6.92 Å². The van der Waals surface area contributed by atoms with Crippen LogP contribution in [0.4, 0.5) is 0 Å². The number of fused-ring (bicyclic) bond motifs is 1. The highest BCUT2D eigenvalue weighted by Gasteiger charge is 2.37. The molecule has 1 aliphatic heterocycles. The van der Waals surface area contributed by atoms with Crippen molar-refractivity contribution in [2.75, 3.05) is 0 Å². The van der Waals surface area contributed by atoms with E-state index in [1.165, 1.54) is 0 Å². The Morgan fingerprint density at radius 3 is 2.39 bits per heavy atom. The molecule has 2 aromatic rings. The zero-order valence-corrected chi connectivity index (χ0v) is 13.1. The van der Waals surface area contributed by atoms with Gasteiger partial charge in [-0.25, -0.2) is 0 Å². The van der Waals surface area contributed by atoms with Crippen molar-refractivity contribution in [3.8, 4) is 5.75 Å². The summed E-state index contributed by atoms with van der Waals surface area (Å²) in [5, 5.41) is 0.843. The molecule has 23 heavy (non-hydrogen) atoms. The summed E-state index contributed by atoms with van der Waals surface area (Å²) in [7, 11) is 0. The minimum Gasteiger partial charge on any atom is -0.368 e. The molecule has 0 aliphatic carbocycles. The molecule has 1 aliphatic rings. The Labute approximate surface area is 135 Å². The molecule has 0 fully saturated rings. The molecule has 118 valence electrons. The molecule has 0 spiro atoms. The molecule has 4 heteroatoms. The standard InChI is InChI=1S/C19H19NO3/c1-2-3-5-8-14-11-12-16-17(13-14)19(22)20(18(16)21)23-15-9-6-4-7-10-15/h4,6-7,9-13H,2-3,5,8H2,1H3. The fourth-order valence-corrected chi connectivity index (χ4v) is 2.67. The molecule has 0 atom stereocenters. The highest BCUT2D eigenvalue weighted by atomic mass is 16.7. The lowest BCUT2D eigenvalue weighted by atomic mass is 10.0. The Hall–Kier alpha value is -2.62. The van der Waals surface area contributed by atoms with Gasteiger partial charge in [-0.2, -0.15) is 0 Å². The first kappa shape index (κ1) is 15.3. The van der Waals surface area contributed by atoms with Gasteiger partial charge in [0.15, 0.2) is 5.75 Å². The first-order valence-corrected chi connectivity index (χ1v) is 7.95. The van der Waals surface area contributed by atoms with Gasteiger partial charge in [-0.05, 0) is 42.7 Å². The van der Waals surface area contributed by atoms with E-state index in [4.69, 9.17) is 4.84 Å². The average molecular weight is 309 g/mol. The van der Waals surface area contributed by atoms with Crippen molar-refractivity contribution >= 4 is 11.8 Å². The van der Waals surface area contributed by atoms with Gasteiger partial charge in [-0.1, -0.05) is 49.1 Å². The zero-order valence-electron chi connectivity index (χ0n) is 13.1. The number of unbranched alkanes of at least 4 members (excludes halogenated alkanes) is 2. The molecule has 0 saturated heterocycles. The predicted molar refractivity (Wildman–Crippen MR) is 87.2 cm³/mol. The first-order valence-electron chi connectivity index (χ1n) is 7.95. The van der Waals surface area contributed by atoms with Crippen LogP contribution in [-0.4, -0.2) is 16.9 Å². The van der Waals surface area contributed by atoms with Crippen molar-refractivity contribution in [1.82, 2.24) is 5.06 Å². The number of rotatable bonds is 6. The van der Waals surface area contributed by atoms with E-state index in [1.807, 2.05) is 18.2 Å². The number of para-hydroxylation sites is 1. The summed E-state index contributed by atoms with van der Waals surface area (Å²) in [5.41, 5.74) is 1.92. The zero-order chi connectivity index (χ0) is 16.2. The number of carbonyl (C=O) groups excluding carboxylic acids is 2. The summed E-state index contributed by atoms with van der Waals surface area (Å²) >= 11 is 0. The number of hydroxylamine groups is 2. The van der Waals surface area contributed by atoms with Crippen LogP contribution in [0.2, 0.25) is 0 Å². The van der Waals surface area contributed by atoms with Gasteiger partial charge in [-0.15, -0.1) is 0 Å². The SMILES string of the molecule is CCCCCc1ccc2c(c1)C(=O)N(Oc1ccccc1)C2=O. The van der Waals surface area contributed by atoms with E-state index in [-0.39, 0.29) is 0 Å². The number of amides is 2. The third kappa shape index (κ3) is 3.11. The number of carbonyl (C=O) groups is 2. The van der Waals surface area contributed by atoms with Crippen molar-refractivity contribution in [2.24, 2.45) is 0 Å². The van der Waals surface area contributed by atoms with E-state index in [0.717, 1.165) is 36.3 Å². The minimum atomic E-state index is -0.408. The van der Waals surface area contributed by atoms with Crippen LogP contribution >= 0.6 is 0 Å². The van der Waals surface area contributed by atoms with Crippen molar-refractivity contribution in [1.29, 1.82) is 0 Å². The summed E-state index contributed by atoms with van der Waals surface area (Å²) in [5.74, 6) is -0.342. The third-order valence-electron chi connectivity index (χ3n) is 3.92. The first-order chi connectivity index (χ1) is 11.2. The fraction of sp³-hybridized carbons (Fsp3) is 0.263. The molecule has 0 bridgehead atoms. The molecule has 0 N–H and O–H groups in total.